The number of hydrogen-bond donors (Lipinski definition) is 2. The molecule has 1 aromatic carbocycles. The van der Waals surface area contributed by atoms with Gasteiger partial charge in [-0.25, -0.2) is 0 Å². The van der Waals surface area contributed by atoms with Gasteiger partial charge in [0.25, 0.3) is 5.91 Å². The predicted molar refractivity (Wildman–Crippen MR) is 90.6 cm³/mol. The number of amides is 2. The van der Waals surface area contributed by atoms with Gasteiger partial charge in [0, 0.05) is 24.0 Å². The molecule has 2 rings (SSSR count). The Labute approximate surface area is 145 Å². The lowest BCUT2D eigenvalue weighted by Gasteiger charge is -2.14. The fraction of sp³-hybridized carbons (Fsp3) is 0.235. The topological polar surface area (TPSA) is 80.3 Å². The lowest BCUT2D eigenvalue weighted by Crippen LogP contribution is -2.46. The van der Waals surface area contributed by atoms with E-state index in [2.05, 4.69) is 15.6 Å². The van der Waals surface area contributed by atoms with Crippen molar-refractivity contribution in [1.29, 1.82) is 0 Å². The Balaban J connectivity index is 1.72. The van der Waals surface area contributed by atoms with Crippen molar-refractivity contribution in [3.63, 3.8) is 0 Å². The fourth-order valence-electron chi connectivity index (χ4n) is 1.87. The summed E-state index contributed by atoms with van der Waals surface area (Å²) in [6.45, 7) is 1.79. The molecular formula is C17H18ClN3O3. The lowest BCUT2D eigenvalue weighted by molar-refractivity contribution is -0.129. The second-order valence-corrected chi connectivity index (χ2v) is 5.55. The van der Waals surface area contributed by atoms with Crippen molar-refractivity contribution in [3.8, 4) is 5.75 Å². The van der Waals surface area contributed by atoms with Crippen LogP contribution in [0, 0.1) is 0 Å². The van der Waals surface area contributed by atoms with Gasteiger partial charge in [0.05, 0.1) is 0 Å². The number of nitrogens with zero attached hydrogens (tertiary/aromatic N) is 1. The first-order chi connectivity index (χ1) is 11.5. The van der Waals surface area contributed by atoms with Crippen LogP contribution in [0.1, 0.15) is 12.5 Å². The van der Waals surface area contributed by atoms with E-state index in [-0.39, 0.29) is 18.4 Å². The zero-order valence-electron chi connectivity index (χ0n) is 13.2. The Morgan fingerprint density at radius 3 is 2.67 bits per heavy atom. The molecule has 0 aliphatic carbocycles. The van der Waals surface area contributed by atoms with Gasteiger partial charge >= 0.3 is 0 Å². The van der Waals surface area contributed by atoms with Crippen LogP contribution in [-0.2, 0) is 16.1 Å². The third-order valence-corrected chi connectivity index (χ3v) is 3.40. The SMILES string of the molecule is C[C@@H](NC(=O)COc1ccc(Cl)cc1)C(=O)NCc1cccnc1. The van der Waals surface area contributed by atoms with Crippen LogP contribution >= 0.6 is 11.6 Å². The van der Waals surface area contributed by atoms with Crippen molar-refractivity contribution in [3.05, 3.63) is 59.4 Å². The van der Waals surface area contributed by atoms with Gasteiger partial charge in [-0.2, -0.15) is 0 Å². The maximum Gasteiger partial charge on any atom is 0.258 e. The van der Waals surface area contributed by atoms with E-state index in [1.54, 1.807) is 49.6 Å². The molecule has 2 aromatic rings. The number of rotatable bonds is 7. The number of halogens is 1. The summed E-state index contributed by atoms with van der Waals surface area (Å²) in [6.07, 6.45) is 3.33. The molecule has 2 amide bonds. The standard InChI is InChI=1S/C17H18ClN3O3/c1-12(17(23)20-10-13-3-2-8-19-9-13)21-16(22)11-24-15-6-4-14(18)5-7-15/h2-9,12H,10-11H2,1H3,(H,20,23)(H,21,22)/t12-/m1/s1. The van der Waals surface area contributed by atoms with Gasteiger partial charge in [-0.05, 0) is 42.8 Å². The van der Waals surface area contributed by atoms with Crippen LogP contribution in [0.15, 0.2) is 48.8 Å². The molecule has 1 aromatic heterocycles. The second-order valence-electron chi connectivity index (χ2n) is 5.11. The normalized spacial score (nSPS) is 11.4. The van der Waals surface area contributed by atoms with Crippen molar-refractivity contribution < 1.29 is 14.3 Å². The average Bonchev–Trinajstić information content (AvgIpc) is 2.60. The van der Waals surface area contributed by atoms with Gasteiger partial charge in [0.1, 0.15) is 11.8 Å². The highest BCUT2D eigenvalue weighted by atomic mass is 35.5. The van der Waals surface area contributed by atoms with Crippen molar-refractivity contribution >= 4 is 23.4 Å². The molecule has 0 saturated heterocycles. The molecular weight excluding hydrogens is 330 g/mol. The van der Waals surface area contributed by atoms with E-state index < -0.39 is 6.04 Å². The van der Waals surface area contributed by atoms with Crippen LogP contribution in [0.25, 0.3) is 0 Å². The van der Waals surface area contributed by atoms with Crippen LogP contribution in [0.2, 0.25) is 5.02 Å². The Morgan fingerprint density at radius 1 is 1.25 bits per heavy atom. The summed E-state index contributed by atoms with van der Waals surface area (Å²) in [5.41, 5.74) is 0.885. The summed E-state index contributed by atoms with van der Waals surface area (Å²) in [5.74, 6) is -0.129. The van der Waals surface area contributed by atoms with Crippen LogP contribution in [0.3, 0.4) is 0 Å². The van der Waals surface area contributed by atoms with E-state index >= 15 is 0 Å². The first kappa shape index (κ1) is 17.7. The zero-order valence-corrected chi connectivity index (χ0v) is 13.9. The summed E-state index contributed by atoms with van der Waals surface area (Å²) >= 11 is 5.77. The molecule has 0 aliphatic rings. The summed E-state index contributed by atoms with van der Waals surface area (Å²) in [5, 5.41) is 5.90. The van der Waals surface area contributed by atoms with E-state index in [9.17, 15) is 9.59 Å². The van der Waals surface area contributed by atoms with Gasteiger partial charge < -0.3 is 15.4 Å². The summed E-state index contributed by atoms with van der Waals surface area (Å²) in [6, 6.07) is 9.66. The molecule has 0 saturated carbocycles. The smallest absolute Gasteiger partial charge is 0.258 e. The third kappa shape index (κ3) is 5.89. The van der Waals surface area contributed by atoms with E-state index in [1.807, 2.05) is 6.07 Å². The molecule has 24 heavy (non-hydrogen) atoms. The number of pyridine rings is 1. The van der Waals surface area contributed by atoms with Gasteiger partial charge in [0.2, 0.25) is 5.91 Å². The van der Waals surface area contributed by atoms with Crippen molar-refractivity contribution in [2.75, 3.05) is 6.61 Å². The van der Waals surface area contributed by atoms with Crippen LogP contribution in [-0.4, -0.2) is 29.4 Å². The molecule has 2 N–H and O–H groups in total. The Bertz CT molecular complexity index is 677. The molecule has 0 unspecified atom stereocenters. The molecule has 0 spiro atoms. The second kappa shape index (κ2) is 8.88. The number of aromatic nitrogens is 1. The highest BCUT2D eigenvalue weighted by Gasteiger charge is 2.15. The van der Waals surface area contributed by atoms with Crippen LogP contribution < -0.4 is 15.4 Å². The minimum absolute atomic E-state index is 0.179. The maximum absolute atomic E-state index is 12.0. The monoisotopic (exact) mass is 347 g/mol. The van der Waals surface area contributed by atoms with Gasteiger partial charge in [-0.15, -0.1) is 0 Å². The summed E-state index contributed by atoms with van der Waals surface area (Å²) < 4.78 is 5.32. The van der Waals surface area contributed by atoms with E-state index in [1.165, 1.54) is 0 Å². The van der Waals surface area contributed by atoms with Crippen molar-refractivity contribution in [2.45, 2.75) is 19.5 Å². The quantitative estimate of drug-likeness (QED) is 0.802. The number of carbonyl (C=O) groups is 2. The zero-order chi connectivity index (χ0) is 17.4. The molecule has 0 radical (unpaired) electrons. The highest BCUT2D eigenvalue weighted by Crippen LogP contribution is 2.15. The molecule has 7 heteroatoms. The molecule has 0 bridgehead atoms. The average molecular weight is 348 g/mol. The van der Waals surface area contributed by atoms with Crippen LogP contribution in [0.4, 0.5) is 0 Å². The van der Waals surface area contributed by atoms with E-state index in [0.717, 1.165) is 5.56 Å². The maximum atomic E-state index is 12.0. The summed E-state index contributed by atoms with van der Waals surface area (Å²) in [4.78, 5) is 27.8. The fourth-order valence-corrected chi connectivity index (χ4v) is 2.00. The largest absolute Gasteiger partial charge is 0.484 e. The molecule has 0 fully saturated rings. The molecule has 126 valence electrons. The Morgan fingerprint density at radius 2 is 2.00 bits per heavy atom. The minimum Gasteiger partial charge on any atom is -0.484 e. The third-order valence-electron chi connectivity index (χ3n) is 3.14. The number of benzene rings is 1. The summed E-state index contributed by atoms with van der Waals surface area (Å²) in [7, 11) is 0. The van der Waals surface area contributed by atoms with E-state index in [4.69, 9.17) is 16.3 Å². The molecule has 6 nitrogen and oxygen atoms in total. The van der Waals surface area contributed by atoms with Crippen LogP contribution in [0.5, 0.6) is 5.75 Å². The lowest BCUT2D eigenvalue weighted by atomic mass is 10.2. The van der Waals surface area contributed by atoms with Crippen molar-refractivity contribution in [2.24, 2.45) is 0 Å². The highest BCUT2D eigenvalue weighted by molar-refractivity contribution is 6.30. The predicted octanol–water partition coefficient (Wildman–Crippen LogP) is 1.93. The number of ether oxygens (including phenoxy) is 1. The van der Waals surface area contributed by atoms with Gasteiger partial charge in [0.15, 0.2) is 6.61 Å². The number of hydrogen-bond acceptors (Lipinski definition) is 4. The van der Waals surface area contributed by atoms with Gasteiger partial charge in [-0.1, -0.05) is 17.7 Å². The van der Waals surface area contributed by atoms with Crippen molar-refractivity contribution in [1.82, 2.24) is 15.6 Å². The Kier molecular flexibility index (Phi) is 6.57. The first-order valence-corrected chi connectivity index (χ1v) is 7.77. The Hall–Kier alpha value is -2.60. The minimum atomic E-state index is -0.664. The molecule has 1 heterocycles. The van der Waals surface area contributed by atoms with E-state index in [0.29, 0.717) is 17.3 Å². The first-order valence-electron chi connectivity index (χ1n) is 7.39. The number of carbonyl (C=O) groups excluding carboxylic acids is 2. The van der Waals surface area contributed by atoms with Gasteiger partial charge in [-0.3, -0.25) is 14.6 Å². The number of nitrogens with one attached hydrogen (secondary N) is 2. The molecule has 1 atom stereocenters. The molecule has 0 aliphatic heterocycles.